The van der Waals surface area contributed by atoms with Gasteiger partial charge in [0, 0.05) is 6.54 Å². The minimum absolute atomic E-state index is 0.287. The molecule has 0 amide bonds. The first-order valence-corrected chi connectivity index (χ1v) is 5.54. The first-order valence-electron chi connectivity index (χ1n) is 5.54. The van der Waals surface area contributed by atoms with E-state index in [-0.39, 0.29) is 5.97 Å². The number of piperidine rings is 1. The highest BCUT2D eigenvalue weighted by molar-refractivity contribution is 5.78. The molecule has 1 unspecified atom stereocenters. The first kappa shape index (κ1) is 12.5. The summed E-state index contributed by atoms with van der Waals surface area (Å²) in [5.74, 6) is -0.287. The fourth-order valence-corrected chi connectivity index (χ4v) is 2.12. The van der Waals surface area contributed by atoms with Crippen LogP contribution in [0.25, 0.3) is 0 Å². The summed E-state index contributed by atoms with van der Waals surface area (Å²) >= 11 is 0. The summed E-state index contributed by atoms with van der Waals surface area (Å²) in [5, 5.41) is 13.3. The number of carbonyl (C=O) groups is 1. The maximum atomic E-state index is 11.9. The van der Waals surface area contributed by atoms with Gasteiger partial charge in [-0.05, 0) is 40.2 Å². The number of nitrogens with one attached hydrogen (secondary N) is 1. The van der Waals surface area contributed by atoms with E-state index in [1.54, 1.807) is 20.8 Å². The zero-order valence-corrected chi connectivity index (χ0v) is 9.80. The predicted molar refractivity (Wildman–Crippen MR) is 57.5 cm³/mol. The number of esters is 1. The number of hydrogen-bond donors (Lipinski definition) is 2. The molecule has 1 atom stereocenters. The summed E-state index contributed by atoms with van der Waals surface area (Å²) in [6.07, 6.45) is 1.57. The summed E-state index contributed by atoms with van der Waals surface area (Å²) in [7, 11) is 0. The molecule has 15 heavy (non-hydrogen) atoms. The van der Waals surface area contributed by atoms with Gasteiger partial charge in [-0.25, -0.2) is 0 Å². The molecular weight excluding hydrogens is 194 g/mol. The molecule has 0 bridgehead atoms. The van der Waals surface area contributed by atoms with Gasteiger partial charge in [0.1, 0.15) is 5.41 Å². The third kappa shape index (κ3) is 2.32. The zero-order valence-electron chi connectivity index (χ0n) is 9.80. The lowest BCUT2D eigenvalue weighted by Gasteiger charge is -2.43. The summed E-state index contributed by atoms with van der Waals surface area (Å²) in [6.45, 7) is 6.89. The summed E-state index contributed by atoms with van der Waals surface area (Å²) in [6, 6.07) is 0. The van der Waals surface area contributed by atoms with E-state index >= 15 is 0 Å². The molecule has 0 aromatic carbocycles. The lowest BCUT2D eigenvalue weighted by molar-refractivity contribution is -0.174. The Morgan fingerprint density at radius 2 is 2.27 bits per heavy atom. The molecule has 1 aliphatic rings. The largest absolute Gasteiger partial charge is 0.465 e. The molecule has 1 saturated heterocycles. The molecular formula is C11H21NO3. The van der Waals surface area contributed by atoms with Crippen LogP contribution in [0.2, 0.25) is 0 Å². The van der Waals surface area contributed by atoms with Crippen LogP contribution < -0.4 is 5.32 Å². The molecule has 0 aromatic rings. The maximum absolute atomic E-state index is 11.9. The van der Waals surface area contributed by atoms with Gasteiger partial charge in [0.05, 0.1) is 12.2 Å². The van der Waals surface area contributed by atoms with E-state index in [1.165, 1.54) is 0 Å². The van der Waals surface area contributed by atoms with Crippen LogP contribution in [0.1, 0.15) is 33.6 Å². The Labute approximate surface area is 91.0 Å². The van der Waals surface area contributed by atoms with Gasteiger partial charge in [0.15, 0.2) is 0 Å². The quantitative estimate of drug-likeness (QED) is 0.680. The molecule has 0 saturated carbocycles. The SMILES string of the molecule is CCOC(=O)C1(C(C)(C)O)CCCNC1. The normalized spacial score (nSPS) is 27.5. The lowest BCUT2D eigenvalue weighted by atomic mass is 9.69. The van der Waals surface area contributed by atoms with Crippen LogP contribution in [0, 0.1) is 5.41 Å². The number of aliphatic hydroxyl groups is 1. The topological polar surface area (TPSA) is 58.6 Å². The number of hydrogen-bond acceptors (Lipinski definition) is 4. The third-order valence-electron chi connectivity index (χ3n) is 3.22. The Balaban J connectivity index is 2.90. The van der Waals surface area contributed by atoms with Crippen LogP contribution in [0.15, 0.2) is 0 Å². The average molecular weight is 215 g/mol. The zero-order chi connectivity index (χ0) is 11.5. The van der Waals surface area contributed by atoms with E-state index in [1.807, 2.05) is 0 Å². The van der Waals surface area contributed by atoms with Crippen molar-refractivity contribution in [2.75, 3.05) is 19.7 Å². The van der Waals surface area contributed by atoms with E-state index in [0.29, 0.717) is 19.6 Å². The van der Waals surface area contributed by atoms with Gasteiger partial charge in [-0.3, -0.25) is 4.79 Å². The minimum atomic E-state index is -1.05. The van der Waals surface area contributed by atoms with Crippen molar-refractivity contribution in [2.45, 2.75) is 39.2 Å². The minimum Gasteiger partial charge on any atom is -0.465 e. The van der Waals surface area contributed by atoms with Crippen LogP contribution >= 0.6 is 0 Å². The van der Waals surface area contributed by atoms with Crippen molar-refractivity contribution in [3.63, 3.8) is 0 Å². The van der Waals surface area contributed by atoms with E-state index in [9.17, 15) is 9.90 Å². The van der Waals surface area contributed by atoms with Crippen molar-refractivity contribution >= 4 is 5.97 Å². The lowest BCUT2D eigenvalue weighted by Crippen LogP contribution is -2.58. The number of rotatable bonds is 3. The molecule has 0 spiro atoms. The van der Waals surface area contributed by atoms with E-state index in [2.05, 4.69) is 5.32 Å². The van der Waals surface area contributed by atoms with E-state index in [0.717, 1.165) is 13.0 Å². The highest BCUT2D eigenvalue weighted by atomic mass is 16.5. The monoisotopic (exact) mass is 215 g/mol. The second kappa shape index (κ2) is 4.49. The van der Waals surface area contributed by atoms with E-state index < -0.39 is 11.0 Å². The third-order valence-corrected chi connectivity index (χ3v) is 3.22. The van der Waals surface area contributed by atoms with Crippen LogP contribution in [-0.2, 0) is 9.53 Å². The fourth-order valence-electron chi connectivity index (χ4n) is 2.12. The molecule has 88 valence electrons. The van der Waals surface area contributed by atoms with Gasteiger partial charge in [0.2, 0.25) is 0 Å². The number of carbonyl (C=O) groups excluding carboxylic acids is 1. The smallest absolute Gasteiger partial charge is 0.316 e. The Kier molecular flexibility index (Phi) is 3.73. The Morgan fingerprint density at radius 3 is 2.67 bits per heavy atom. The molecule has 1 rings (SSSR count). The van der Waals surface area contributed by atoms with E-state index in [4.69, 9.17) is 4.74 Å². The molecule has 4 heteroatoms. The van der Waals surface area contributed by atoms with Gasteiger partial charge in [-0.15, -0.1) is 0 Å². The van der Waals surface area contributed by atoms with Gasteiger partial charge in [0.25, 0.3) is 0 Å². The van der Waals surface area contributed by atoms with Crippen LogP contribution in [0.4, 0.5) is 0 Å². The highest BCUT2D eigenvalue weighted by Crippen LogP contribution is 2.38. The molecule has 2 N–H and O–H groups in total. The molecule has 0 aromatic heterocycles. The van der Waals surface area contributed by atoms with Gasteiger partial charge in [-0.2, -0.15) is 0 Å². The highest BCUT2D eigenvalue weighted by Gasteiger charge is 2.51. The van der Waals surface area contributed by atoms with Gasteiger partial charge < -0.3 is 15.2 Å². The summed E-state index contributed by atoms with van der Waals surface area (Å²) in [5.41, 5.74) is -1.84. The van der Waals surface area contributed by atoms with Gasteiger partial charge >= 0.3 is 5.97 Å². The predicted octanol–water partition coefficient (Wildman–Crippen LogP) is 0.690. The Bertz CT molecular complexity index is 226. The summed E-state index contributed by atoms with van der Waals surface area (Å²) in [4.78, 5) is 11.9. The summed E-state index contributed by atoms with van der Waals surface area (Å²) < 4.78 is 5.07. The molecule has 4 nitrogen and oxygen atoms in total. The second-order valence-electron chi connectivity index (χ2n) is 4.64. The maximum Gasteiger partial charge on any atom is 0.316 e. The Hall–Kier alpha value is -0.610. The van der Waals surface area contributed by atoms with Crippen LogP contribution in [-0.4, -0.2) is 36.4 Å². The van der Waals surface area contributed by atoms with Crippen LogP contribution in [0.3, 0.4) is 0 Å². The van der Waals surface area contributed by atoms with Crippen molar-refractivity contribution in [2.24, 2.45) is 5.41 Å². The molecule has 0 radical (unpaired) electrons. The standard InChI is InChI=1S/C11H21NO3/c1-4-15-9(13)11(10(2,3)14)6-5-7-12-8-11/h12,14H,4-8H2,1-3H3. The van der Waals surface area contributed by atoms with Crippen molar-refractivity contribution in [3.8, 4) is 0 Å². The molecule has 0 aliphatic carbocycles. The van der Waals surface area contributed by atoms with Crippen molar-refractivity contribution in [1.82, 2.24) is 5.32 Å². The molecule has 1 fully saturated rings. The second-order valence-corrected chi connectivity index (χ2v) is 4.64. The average Bonchev–Trinajstić information content (AvgIpc) is 2.17. The molecule has 1 heterocycles. The van der Waals surface area contributed by atoms with Crippen LogP contribution in [0.5, 0.6) is 0 Å². The van der Waals surface area contributed by atoms with Gasteiger partial charge in [-0.1, -0.05) is 0 Å². The fraction of sp³-hybridized carbons (Fsp3) is 0.909. The van der Waals surface area contributed by atoms with Crippen molar-refractivity contribution in [3.05, 3.63) is 0 Å². The Morgan fingerprint density at radius 1 is 1.60 bits per heavy atom. The number of ether oxygens (including phenoxy) is 1. The van der Waals surface area contributed by atoms with Crippen molar-refractivity contribution < 1.29 is 14.6 Å². The van der Waals surface area contributed by atoms with Crippen molar-refractivity contribution in [1.29, 1.82) is 0 Å². The molecule has 1 aliphatic heterocycles. The first-order chi connectivity index (χ1) is 6.94.